The monoisotopic (exact) mass is 555 g/mol. The van der Waals surface area contributed by atoms with E-state index in [2.05, 4.69) is 10.6 Å². The van der Waals surface area contributed by atoms with Crippen LogP contribution in [0.3, 0.4) is 0 Å². The van der Waals surface area contributed by atoms with Gasteiger partial charge in [-0.3, -0.25) is 4.79 Å². The van der Waals surface area contributed by atoms with Gasteiger partial charge in [-0.1, -0.05) is 29.8 Å². The highest BCUT2D eigenvalue weighted by atomic mass is 35.5. The predicted molar refractivity (Wildman–Crippen MR) is 145 cm³/mol. The van der Waals surface area contributed by atoms with Gasteiger partial charge in [-0.15, -0.1) is 0 Å². The third-order valence-corrected chi connectivity index (χ3v) is 6.55. The Hall–Kier alpha value is -4.31. The fourth-order valence-corrected chi connectivity index (χ4v) is 4.46. The number of halogens is 2. The Labute approximate surface area is 229 Å². The van der Waals surface area contributed by atoms with Gasteiger partial charge in [0.15, 0.2) is 0 Å². The van der Waals surface area contributed by atoms with Crippen LogP contribution < -0.4 is 20.1 Å². The Morgan fingerprint density at radius 2 is 1.77 bits per heavy atom. The van der Waals surface area contributed by atoms with Gasteiger partial charge in [-0.2, -0.15) is 0 Å². The summed E-state index contributed by atoms with van der Waals surface area (Å²) in [5, 5.41) is 14.8. The minimum Gasteiger partial charge on any atom is -0.495 e. The number of methoxy groups -OCH3 is 1. The number of rotatable bonds is 9. The number of likely N-dealkylation sites (tertiary alicyclic amines) is 1. The van der Waals surface area contributed by atoms with Crippen LogP contribution in [0.2, 0.25) is 5.02 Å². The molecule has 39 heavy (non-hydrogen) atoms. The molecule has 3 aromatic rings. The van der Waals surface area contributed by atoms with Crippen molar-refractivity contribution in [1.29, 1.82) is 0 Å². The average molecular weight is 556 g/mol. The molecule has 1 aliphatic rings. The molecule has 1 heterocycles. The van der Waals surface area contributed by atoms with Crippen molar-refractivity contribution in [1.82, 2.24) is 4.90 Å². The van der Waals surface area contributed by atoms with Crippen molar-refractivity contribution in [2.75, 3.05) is 30.9 Å². The number of carboxylic acids is 1. The largest absolute Gasteiger partial charge is 0.495 e. The van der Waals surface area contributed by atoms with E-state index >= 15 is 0 Å². The molecular weight excluding hydrogens is 529 g/mol. The Balaban J connectivity index is 1.37. The second-order valence-corrected chi connectivity index (χ2v) is 9.35. The van der Waals surface area contributed by atoms with Gasteiger partial charge in [0.1, 0.15) is 24.3 Å². The molecule has 3 aromatic carbocycles. The number of carbonyl (C=O) groups excluding carboxylic acids is 2. The van der Waals surface area contributed by atoms with Crippen LogP contribution in [-0.4, -0.2) is 60.4 Å². The van der Waals surface area contributed by atoms with Gasteiger partial charge in [0.05, 0.1) is 48.1 Å². The number of aromatic carboxylic acids is 1. The molecule has 1 saturated heterocycles. The first-order valence-electron chi connectivity index (χ1n) is 12.1. The highest BCUT2D eigenvalue weighted by molar-refractivity contribution is 6.33. The Morgan fingerprint density at radius 3 is 2.46 bits per heavy atom. The van der Waals surface area contributed by atoms with Crippen LogP contribution in [0.4, 0.5) is 20.6 Å². The van der Waals surface area contributed by atoms with Crippen LogP contribution in [-0.2, 0) is 11.2 Å². The molecule has 1 fully saturated rings. The maximum absolute atomic E-state index is 14.3. The van der Waals surface area contributed by atoms with Crippen LogP contribution in [0, 0.1) is 0 Å². The molecule has 2 atom stereocenters. The molecule has 0 saturated carbocycles. The molecule has 1 aliphatic heterocycles. The van der Waals surface area contributed by atoms with E-state index < -0.39 is 24.2 Å². The normalized spacial score (nSPS) is 16.4. The maximum atomic E-state index is 14.3. The second kappa shape index (κ2) is 12.5. The molecule has 0 aliphatic carbocycles. The van der Waals surface area contributed by atoms with Gasteiger partial charge in [0.2, 0.25) is 5.91 Å². The van der Waals surface area contributed by atoms with E-state index in [4.69, 9.17) is 26.2 Å². The molecule has 0 unspecified atom stereocenters. The zero-order chi connectivity index (χ0) is 27.9. The summed E-state index contributed by atoms with van der Waals surface area (Å²) in [6.07, 6.45) is -1.03. The number of anilines is 2. The molecular formula is C28H27ClFN3O6. The van der Waals surface area contributed by atoms with E-state index in [0.717, 1.165) is 0 Å². The standard InChI is InChI=1S/C28H27ClFN3O6/c1-38-25-12-17(6-11-24(25)32-28(37)31-23-5-3-2-4-22(23)29)13-26(34)33-15-19(30)14-20(33)16-39-21-9-7-18(8-10-21)27(35)36/h2-12,19-20H,13-16H2,1H3,(H,35,36)(H2,31,32,37)/t19-,20+/m1/s1. The fourth-order valence-electron chi connectivity index (χ4n) is 4.27. The number of ether oxygens (including phenoxy) is 2. The summed E-state index contributed by atoms with van der Waals surface area (Å²) in [6.45, 7) is 0.0368. The lowest BCUT2D eigenvalue weighted by Gasteiger charge is -2.24. The van der Waals surface area contributed by atoms with Crippen molar-refractivity contribution >= 4 is 40.9 Å². The summed E-state index contributed by atoms with van der Waals surface area (Å²) < 4.78 is 25.4. The number of carboxylic acid groups (broad SMARTS) is 1. The van der Waals surface area contributed by atoms with Crippen molar-refractivity contribution < 1.29 is 33.4 Å². The maximum Gasteiger partial charge on any atom is 0.335 e. The zero-order valence-electron chi connectivity index (χ0n) is 21.0. The lowest BCUT2D eigenvalue weighted by atomic mass is 10.1. The smallest absolute Gasteiger partial charge is 0.335 e. The van der Waals surface area contributed by atoms with Crippen molar-refractivity contribution in [3.63, 3.8) is 0 Å². The van der Waals surface area contributed by atoms with Crippen molar-refractivity contribution in [2.24, 2.45) is 0 Å². The summed E-state index contributed by atoms with van der Waals surface area (Å²) in [5.41, 5.74) is 1.59. The molecule has 0 aromatic heterocycles. The van der Waals surface area contributed by atoms with Crippen LogP contribution in [0.5, 0.6) is 11.5 Å². The summed E-state index contributed by atoms with van der Waals surface area (Å²) in [4.78, 5) is 38.0. The Morgan fingerprint density at radius 1 is 1.05 bits per heavy atom. The summed E-state index contributed by atoms with van der Waals surface area (Å²) in [7, 11) is 1.45. The topological polar surface area (TPSA) is 117 Å². The summed E-state index contributed by atoms with van der Waals surface area (Å²) in [5.74, 6) is -0.537. The molecule has 204 valence electrons. The molecule has 3 N–H and O–H groups in total. The quantitative estimate of drug-likeness (QED) is 0.332. The SMILES string of the molecule is COc1cc(CC(=O)N2C[C@H](F)C[C@H]2COc2ccc(C(=O)O)cc2)ccc1NC(=O)Nc1ccccc1Cl. The van der Waals surface area contributed by atoms with Crippen LogP contribution >= 0.6 is 11.6 Å². The first-order valence-corrected chi connectivity index (χ1v) is 12.5. The van der Waals surface area contributed by atoms with Gasteiger partial charge in [-0.25, -0.2) is 14.0 Å². The van der Waals surface area contributed by atoms with Crippen LogP contribution in [0.1, 0.15) is 22.3 Å². The number of urea groups is 1. The molecule has 0 spiro atoms. The molecule has 0 bridgehead atoms. The highest BCUT2D eigenvalue weighted by Crippen LogP contribution is 2.28. The average Bonchev–Trinajstić information content (AvgIpc) is 3.30. The third kappa shape index (κ3) is 7.17. The number of nitrogens with one attached hydrogen (secondary N) is 2. The lowest BCUT2D eigenvalue weighted by molar-refractivity contribution is -0.132. The van der Waals surface area contributed by atoms with Gasteiger partial charge in [0, 0.05) is 6.42 Å². The molecule has 4 rings (SSSR count). The van der Waals surface area contributed by atoms with Crippen molar-refractivity contribution in [3.8, 4) is 11.5 Å². The van der Waals surface area contributed by atoms with E-state index in [1.54, 1.807) is 42.5 Å². The van der Waals surface area contributed by atoms with Gasteiger partial charge in [0.25, 0.3) is 0 Å². The van der Waals surface area contributed by atoms with Gasteiger partial charge >= 0.3 is 12.0 Å². The van der Waals surface area contributed by atoms with E-state index in [-0.39, 0.29) is 37.5 Å². The third-order valence-electron chi connectivity index (χ3n) is 6.22. The number of amides is 3. The summed E-state index contributed by atoms with van der Waals surface area (Å²) in [6, 6.07) is 16.7. The molecule has 9 nitrogen and oxygen atoms in total. The van der Waals surface area contributed by atoms with Crippen LogP contribution in [0.25, 0.3) is 0 Å². The minimum absolute atomic E-state index is 0.00100. The summed E-state index contributed by atoms with van der Waals surface area (Å²) >= 11 is 6.09. The number of carbonyl (C=O) groups is 3. The number of benzene rings is 3. The number of hydrogen-bond donors (Lipinski definition) is 3. The number of hydrogen-bond acceptors (Lipinski definition) is 5. The first-order chi connectivity index (χ1) is 18.7. The first kappa shape index (κ1) is 27.7. The van der Waals surface area contributed by atoms with E-state index in [9.17, 15) is 18.8 Å². The molecule has 0 radical (unpaired) electrons. The van der Waals surface area contributed by atoms with Crippen molar-refractivity contribution in [3.05, 3.63) is 82.9 Å². The zero-order valence-corrected chi connectivity index (χ0v) is 21.8. The van der Waals surface area contributed by atoms with E-state index in [1.807, 2.05) is 0 Å². The molecule has 11 heteroatoms. The van der Waals surface area contributed by atoms with Gasteiger partial charge < -0.3 is 30.1 Å². The Kier molecular flexibility index (Phi) is 8.88. The highest BCUT2D eigenvalue weighted by Gasteiger charge is 2.35. The molecule has 3 amide bonds. The predicted octanol–water partition coefficient (Wildman–Crippen LogP) is 5.25. The number of para-hydroxylation sites is 1. The Bertz CT molecular complexity index is 1350. The fraction of sp³-hybridized carbons (Fsp3) is 0.250. The van der Waals surface area contributed by atoms with Crippen molar-refractivity contribution in [2.45, 2.75) is 25.1 Å². The lowest BCUT2D eigenvalue weighted by Crippen LogP contribution is -2.40. The second-order valence-electron chi connectivity index (χ2n) is 8.94. The number of nitrogens with zero attached hydrogens (tertiary/aromatic N) is 1. The van der Waals surface area contributed by atoms with Gasteiger partial charge in [-0.05, 0) is 54.1 Å². The minimum atomic E-state index is -1.17. The van der Waals surface area contributed by atoms with E-state index in [0.29, 0.717) is 33.5 Å². The van der Waals surface area contributed by atoms with Crippen LogP contribution in [0.15, 0.2) is 66.7 Å². The van der Waals surface area contributed by atoms with E-state index in [1.165, 1.54) is 36.3 Å². The number of alkyl halides is 1.